The van der Waals surface area contributed by atoms with E-state index in [-0.39, 0.29) is 5.91 Å². The van der Waals surface area contributed by atoms with E-state index in [0.717, 1.165) is 29.0 Å². The van der Waals surface area contributed by atoms with Crippen molar-refractivity contribution in [1.29, 1.82) is 0 Å². The molecule has 27 heavy (non-hydrogen) atoms. The van der Waals surface area contributed by atoms with E-state index in [1.165, 1.54) is 31.5 Å². The van der Waals surface area contributed by atoms with E-state index in [9.17, 15) is 4.79 Å². The number of carbonyl (C=O) groups excluding carboxylic acids is 1. The Kier molecular flexibility index (Phi) is 6.51. The number of amides is 1. The highest BCUT2D eigenvalue weighted by molar-refractivity contribution is 5.80. The number of aryl methyl sites for hydroxylation is 1. The summed E-state index contributed by atoms with van der Waals surface area (Å²) in [5.74, 6) is 0.672. The second-order valence-corrected chi connectivity index (χ2v) is 7.48. The summed E-state index contributed by atoms with van der Waals surface area (Å²) in [7, 11) is 0. The van der Waals surface area contributed by atoms with Crippen LogP contribution in [0.4, 0.5) is 0 Å². The number of hydrogen-bond acceptors (Lipinski definition) is 3. The number of carbonyl (C=O) groups is 1. The molecule has 0 bridgehead atoms. The summed E-state index contributed by atoms with van der Waals surface area (Å²) >= 11 is 0. The first-order chi connectivity index (χ1) is 13.0. The monoisotopic (exact) mass is 366 g/mol. The van der Waals surface area contributed by atoms with Crippen LogP contribution in [0.1, 0.15) is 42.0 Å². The van der Waals surface area contributed by atoms with Gasteiger partial charge in [-0.15, -0.1) is 0 Å². The van der Waals surface area contributed by atoms with Crippen LogP contribution >= 0.6 is 0 Å². The van der Waals surface area contributed by atoms with Crippen LogP contribution in [0.5, 0.6) is 5.75 Å². The largest absolute Gasteiger partial charge is 0.481 e. The van der Waals surface area contributed by atoms with Crippen LogP contribution < -0.4 is 10.1 Å². The first-order valence-corrected chi connectivity index (χ1v) is 9.83. The van der Waals surface area contributed by atoms with Crippen molar-refractivity contribution in [2.24, 2.45) is 0 Å². The summed E-state index contributed by atoms with van der Waals surface area (Å²) in [6.45, 7) is 9.74. The molecule has 1 N–H and O–H groups in total. The lowest BCUT2D eigenvalue weighted by Gasteiger charge is -2.18. The lowest BCUT2D eigenvalue weighted by atomic mass is 10.1. The van der Waals surface area contributed by atoms with Gasteiger partial charge in [0.2, 0.25) is 0 Å². The normalized spacial score (nSPS) is 15.5. The van der Waals surface area contributed by atoms with Gasteiger partial charge in [-0.25, -0.2) is 0 Å². The molecule has 2 aromatic carbocycles. The number of nitrogens with one attached hydrogen (secondary N) is 1. The number of benzene rings is 2. The number of ether oxygens (including phenoxy) is 1. The zero-order chi connectivity index (χ0) is 19.2. The Morgan fingerprint density at radius 1 is 1.11 bits per heavy atom. The van der Waals surface area contributed by atoms with Gasteiger partial charge in [-0.1, -0.05) is 36.4 Å². The smallest absolute Gasteiger partial charge is 0.261 e. The fraction of sp³-hybridized carbons (Fsp3) is 0.435. The van der Waals surface area contributed by atoms with Crippen LogP contribution in [0.3, 0.4) is 0 Å². The Balaban J connectivity index is 1.53. The van der Waals surface area contributed by atoms with Gasteiger partial charge in [-0.05, 0) is 75.0 Å². The summed E-state index contributed by atoms with van der Waals surface area (Å²) in [4.78, 5) is 14.9. The Morgan fingerprint density at radius 3 is 2.59 bits per heavy atom. The quantitative estimate of drug-likeness (QED) is 0.806. The molecule has 0 aliphatic carbocycles. The molecule has 2 aromatic rings. The van der Waals surface area contributed by atoms with Gasteiger partial charge in [0.15, 0.2) is 6.10 Å². The lowest BCUT2D eigenvalue weighted by Crippen LogP contribution is -2.36. The highest BCUT2D eigenvalue weighted by Crippen LogP contribution is 2.21. The third kappa shape index (κ3) is 5.33. The standard InChI is InChI=1S/C23H30N2O2/c1-17-8-6-11-22(18(17)2)27-19(3)23(26)24-15-20-9-7-10-21(14-20)16-25-12-4-5-13-25/h6-11,14,19H,4-5,12-13,15-16H2,1-3H3,(H,24,26). The topological polar surface area (TPSA) is 41.6 Å². The van der Waals surface area contributed by atoms with Gasteiger partial charge < -0.3 is 10.1 Å². The molecule has 3 rings (SSSR count). The molecule has 1 aliphatic heterocycles. The minimum absolute atomic E-state index is 0.0964. The van der Waals surface area contributed by atoms with E-state index in [1.807, 2.05) is 32.0 Å². The number of hydrogen-bond donors (Lipinski definition) is 1. The lowest BCUT2D eigenvalue weighted by molar-refractivity contribution is -0.127. The van der Waals surface area contributed by atoms with Gasteiger partial charge in [0.05, 0.1) is 0 Å². The van der Waals surface area contributed by atoms with Crippen molar-refractivity contribution >= 4 is 5.91 Å². The van der Waals surface area contributed by atoms with Crippen molar-refractivity contribution in [1.82, 2.24) is 10.2 Å². The molecule has 1 heterocycles. The van der Waals surface area contributed by atoms with E-state index in [0.29, 0.717) is 6.54 Å². The van der Waals surface area contributed by atoms with Crippen LogP contribution in [-0.2, 0) is 17.9 Å². The molecule has 1 aliphatic rings. The Hall–Kier alpha value is -2.33. The fourth-order valence-electron chi connectivity index (χ4n) is 3.47. The number of nitrogens with zero attached hydrogens (tertiary/aromatic N) is 1. The minimum Gasteiger partial charge on any atom is -0.481 e. The molecular formula is C23H30N2O2. The Morgan fingerprint density at radius 2 is 1.81 bits per heavy atom. The first-order valence-electron chi connectivity index (χ1n) is 9.83. The zero-order valence-corrected chi connectivity index (χ0v) is 16.6. The van der Waals surface area contributed by atoms with Gasteiger partial charge in [-0.2, -0.15) is 0 Å². The molecule has 4 heteroatoms. The van der Waals surface area contributed by atoms with E-state index in [4.69, 9.17) is 4.74 Å². The number of rotatable bonds is 7. The molecule has 0 spiro atoms. The maximum atomic E-state index is 12.4. The Labute approximate surface area is 162 Å². The van der Waals surface area contributed by atoms with Gasteiger partial charge >= 0.3 is 0 Å². The zero-order valence-electron chi connectivity index (χ0n) is 16.6. The predicted octanol–water partition coefficient (Wildman–Crippen LogP) is 3.98. The van der Waals surface area contributed by atoms with Crippen LogP contribution in [0.25, 0.3) is 0 Å². The third-order valence-electron chi connectivity index (χ3n) is 5.29. The van der Waals surface area contributed by atoms with Crippen LogP contribution in [0.15, 0.2) is 42.5 Å². The Bertz CT molecular complexity index is 782. The predicted molar refractivity (Wildman–Crippen MR) is 109 cm³/mol. The summed E-state index contributed by atoms with van der Waals surface area (Å²) < 4.78 is 5.87. The number of likely N-dealkylation sites (tertiary alicyclic amines) is 1. The summed E-state index contributed by atoms with van der Waals surface area (Å²) in [5.41, 5.74) is 4.67. The second kappa shape index (κ2) is 9.05. The van der Waals surface area contributed by atoms with Crippen molar-refractivity contribution in [3.63, 3.8) is 0 Å². The maximum absolute atomic E-state index is 12.4. The molecule has 1 unspecified atom stereocenters. The van der Waals surface area contributed by atoms with Gasteiger partial charge in [0.1, 0.15) is 5.75 Å². The molecular weight excluding hydrogens is 336 g/mol. The van der Waals surface area contributed by atoms with E-state index < -0.39 is 6.10 Å². The average Bonchev–Trinajstić information content (AvgIpc) is 3.16. The SMILES string of the molecule is Cc1cccc(OC(C)C(=O)NCc2cccc(CN3CCCC3)c2)c1C. The molecule has 144 valence electrons. The van der Waals surface area contributed by atoms with Crippen molar-refractivity contribution in [3.05, 3.63) is 64.7 Å². The molecule has 0 saturated carbocycles. The molecule has 4 nitrogen and oxygen atoms in total. The van der Waals surface area contributed by atoms with Crippen LogP contribution in [-0.4, -0.2) is 30.0 Å². The summed E-state index contributed by atoms with van der Waals surface area (Å²) in [6.07, 6.45) is 2.07. The van der Waals surface area contributed by atoms with Gasteiger partial charge in [0.25, 0.3) is 5.91 Å². The fourth-order valence-corrected chi connectivity index (χ4v) is 3.47. The summed E-state index contributed by atoms with van der Waals surface area (Å²) in [5, 5.41) is 3.00. The average molecular weight is 367 g/mol. The highest BCUT2D eigenvalue weighted by atomic mass is 16.5. The second-order valence-electron chi connectivity index (χ2n) is 7.48. The van der Waals surface area contributed by atoms with Crippen molar-refractivity contribution in [3.8, 4) is 5.75 Å². The van der Waals surface area contributed by atoms with Gasteiger partial charge in [0, 0.05) is 13.1 Å². The van der Waals surface area contributed by atoms with Crippen molar-refractivity contribution < 1.29 is 9.53 Å². The van der Waals surface area contributed by atoms with Crippen LogP contribution in [0.2, 0.25) is 0 Å². The van der Waals surface area contributed by atoms with E-state index in [2.05, 4.69) is 34.5 Å². The molecule has 0 aromatic heterocycles. The van der Waals surface area contributed by atoms with Crippen LogP contribution in [0, 0.1) is 13.8 Å². The molecule has 1 atom stereocenters. The van der Waals surface area contributed by atoms with E-state index in [1.54, 1.807) is 6.92 Å². The molecule has 1 amide bonds. The molecule has 0 radical (unpaired) electrons. The van der Waals surface area contributed by atoms with Gasteiger partial charge in [-0.3, -0.25) is 9.69 Å². The maximum Gasteiger partial charge on any atom is 0.261 e. The highest BCUT2D eigenvalue weighted by Gasteiger charge is 2.16. The minimum atomic E-state index is -0.529. The van der Waals surface area contributed by atoms with Crippen molar-refractivity contribution in [2.45, 2.75) is 52.8 Å². The first kappa shape index (κ1) is 19.4. The molecule has 1 fully saturated rings. The third-order valence-corrected chi connectivity index (χ3v) is 5.29. The van der Waals surface area contributed by atoms with E-state index >= 15 is 0 Å². The summed E-state index contributed by atoms with van der Waals surface area (Å²) in [6, 6.07) is 14.4. The van der Waals surface area contributed by atoms with Crippen molar-refractivity contribution in [2.75, 3.05) is 13.1 Å². The molecule has 1 saturated heterocycles.